The van der Waals surface area contributed by atoms with Gasteiger partial charge in [0.25, 0.3) is 0 Å². The van der Waals surface area contributed by atoms with E-state index in [4.69, 9.17) is 4.79 Å². The lowest BCUT2D eigenvalue weighted by atomic mass is 11.2. The Balaban J connectivity index is -0.00000000450. The number of carbonyl (C=O) groups excluding carboxylic acids is 1. The van der Waals surface area contributed by atoms with Crippen molar-refractivity contribution in [2.24, 2.45) is 11.5 Å². The maximum absolute atomic E-state index is 9.00. The minimum atomic E-state index is -0.833. The van der Waals surface area contributed by atoms with E-state index in [0.717, 1.165) is 0 Å². The first-order valence-electron chi connectivity index (χ1n) is 0.781. The van der Waals surface area contributed by atoms with Gasteiger partial charge >= 0.3 is 6.03 Å². The molecule has 0 aliphatic heterocycles. The molecule has 0 aliphatic carbocycles. The standard InChI is InChI=1S/CH4N2O.4FH.H4Si/c2-1(3)4;;;;;/h(H4,2,3,4);4*1H;1H4. The molecule has 3 nitrogen and oxygen atoms in total. The monoisotopic (exact) mass is 172 g/mol. The van der Waals surface area contributed by atoms with Gasteiger partial charge in [0.1, 0.15) is 0 Å². The van der Waals surface area contributed by atoms with Crippen LogP contribution in [0.4, 0.5) is 23.6 Å². The van der Waals surface area contributed by atoms with Gasteiger partial charge in [-0.25, -0.2) is 4.79 Å². The molecule has 0 saturated carbocycles. The zero-order valence-corrected chi connectivity index (χ0v) is 3.70. The molecule has 0 unspecified atom stereocenters. The molecular formula is CH12F4N2OSi. The van der Waals surface area contributed by atoms with Crippen LogP contribution in [0.3, 0.4) is 0 Å². The van der Waals surface area contributed by atoms with Crippen molar-refractivity contribution in [2.45, 2.75) is 0 Å². The second kappa shape index (κ2) is 57.0. The third kappa shape index (κ3) is 311. The molecule has 0 rings (SSSR count). The summed E-state index contributed by atoms with van der Waals surface area (Å²) in [5.74, 6) is 0. The summed E-state index contributed by atoms with van der Waals surface area (Å²) in [6.45, 7) is 0. The van der Waals surface area contributed by atoms with Crippen molar-refractivity contribution < 1.29 is 23.6 Å². The highest BCUT2D eigenvalue weighted by atomic mass is 28.1. The Morgan fingerprint density at radius 2 is 0.889 bits per heavy atom. The second-order valence-corrected chi connectivity index (χ2v) is 0.402. The highest BCUT2D eigenvalue weighted by Gasteiger charge is 1.60. The Hall–Kier alpha value is -0.793. The number of halogens is 4. The summed E-state index contributed by atoms with van der Waals surface area (Å²) >= 11 is 0. The van der Waals surface area contributed by atoms with E-state index in [1.807, 2.05) is 0 Å². The molecule has 0 aromatic heterocycles. The molecule has 0 atom stereocenters. The topological polar surface area (TPSA) is 69.1 Å². The van der Waals surface area contributed by atoms with Gasteiger partial charge < -0.3 is 11.5 Å². The number of hydrogen-bond donors (Lipinski definition) is 2. The molecule has 0 spiro atoms. The lowest BCUT2D eigenvalue weighted by molar-refractivity contribution is 0.256. The molecule has 4 N–H and O–H groups in total. The van der Waals surface area contributed by atoms with Crippen LogP contribution in [0.5, 0.6) is 0 Å². The highest BCUT2D eigenvalue weighted by Crippen LogP contribution is 1.25. The molecule has 0 aliphatic rings. The average molecular weight is 172 g/mol. The van der Waals surface area contributed by atoms with Crippen LogP contribution in [0.2, 0.25) is 0 Å². The summed E-state index contributed by atoms with van der Waals surface area (Å²) in [5.41, 5.74) is 8.50. The number of urea groups is 1. The first-order valence-corrected chi connectivity index (χ1v) is 0.781. The Morgan fingerprint density at radius 1 is 0.889 bits per heavy atom. The second-order valence-electron chi connectivity index (χ2n) is 0.402. The zero-order valence-electron chi connectivity index (χ0n) is 3.70. The summed E-state index contributed by atoms with van der Waals surface area (Å²) in [6.07, 6.45) is 0. The Kier molecular flexibility index (Phi) is 554. The van der Waals surface area contributed by atoms with E-state index in [-0.39, 0.29) is 29.8 Å². The van der Waals surface area contributed by atoms with Crippen molar-refractivity contribution >= 4 is 17.0 Å². The van der Waals surface area contributed by atoms with Gasteiger partial charge in [0.15, 0.2) is 0 Å². The minimum Gasteiger partial charge on any atom is -0.352 e. The fourth-order valence-corrected chi connectivity index (χ4v) is 0. The maximum Gasteiger partial charge on any atom is 0.309 e. The summed E-state index contributed by atoms with van der Waals surface area (Å²) in [6, 6.07) is -0.833. The first-order chi connectivity index (χ1) is 1.73. The number of hydrogen-bond acceptors (Lipinski definition) is 1. The van der Waals surface area contributed by atoms with Gasteiger partial charge in [0, 0.05) is 0 Å². The van der Waals surface area contributed by atoms with E-state index >= 15 is 0 Å². The summed E-state index contributed by atoms with van der Waals surface area (Å²) in [5, 5.41) is 0. The number of primary amides is 2. The van der Waals surface area contributed by atoms with Crippen LogP contribution < -0.4 is 11.5 Å². The average Bonchev–Trinajstić information content (AvgIpc) is 0.811. The Labute approximate surface area is 53.3 Å². The predicted molar refractivity (Wildman–Crippen MR) is 35.1 cm³/mol. The molecular weight excluding hydrogens is 160 g/mol. The largest absolute Gasteiger partial charge is 0.352 e. The van der Waals surface area contributed by atoms with Crippen molar-refractivity contribution in [1.82, 2.24) is 0 Å². The Bertz CT molecular complexity index is 41.5. The molecule has 0 aromatic rings. The van der Waals surface area contributed by atoms with E-state index in [9.17, 15) is 0 Å². The minimum absolute atomic E-state index is 0. The molecule has 0 bridgehead atoms. The van der Waals surface area contributed by atoms with E-state index in [2.05, 4.69) is 11.5 Å². The molecule has 0 saturated heterocycles. The van der Waals surface area contributed by atoms with Gasteiger partial charge in [0.2, 0.25) is 0 Å². The fraction of sp³-hybridized carbons (Fsp3) is 0. The molecule has 0 fully saturated rings. The quantitative estimate of drug-likeness (QED) is 0.328. The van der Waals surface area contributed by atoms with Gasteiger partial charge in [0.05, 0.1) is 0 Å². The van der Waals surface area contributed by atoms with Crippen molar-refractivity contribution in [2.75, 3.05) is 0 Å². The van der Waals surface area contributed by atoms with E-state index < -0.39 is 6.03 Å². The van der Waals surface area contributed by atoms with E-state index in [0.29, 0.717) is 0 Å². The number of rotatable bonds is 0. The lowest BCUT2D eigenvalue weighted by Crippen LogP contribution is -2.18. The maximum atomic E-state index is 9.00. The van der Waals surface area contributed by atoms with Crippen LogP contribution in [0.15, 0.2) is 0 Å². The number of amides is 2. The predicted octanol–water partition coefficient (Wildman–Crippen LogP) is -1.82. The zero-order chi connectivity index (χ0) is 3.58. The molecule has 0 heterocycles. The van der Waals surface area contributed by atoms with Gasteiger partial charge in [-0.3, -0.25) is 18.8 Å². The number of carbonyl (C=O) groups is 1. The van der Waals surface area contributed by atoms with Crippen LogP contribution in [-0.4, -0.2) is 17.0 Å². The smallest absolute Gasteiger partial charge is 0.309 e. The lowest BCUT2D eigenvalue weighted by Gasteiger charge is -1.62. The van der Waals surface area contributed by atoms with Crippen LogP contribution in [0, 0.1) is 0 Å². The highest BCUT2D eigenvalue weighted by molar-refractivity contribution is 5.75. The molecule has 8 heteroatoms. The third-order valence-electron chi connectivity index (χ3n) is 0. The summed E-state index contributed by atoms with van der Waals surface area (Å²) < 4.78 is 0. The van der Waals surface area contributed by atoms with Gasteiger partial charge in [-0.2, -0.15) is 0 Å². The van der Waals surface area contributed by atoms with E-state index in [1.54, 1.807) is 0 Å². The molecule has 2 amide bonds. The molecule has 0 aromatic carbocycles. The number of nitrogens with two attached hydrogens (primary N) is 2. The van der Waals surface area contributed by atoms with E-state index in [1.165, 1.54) is 0 Å². The van der Waals surface area contributed by atoms with Gasteiger partial charge in [-0.1, -0.05) is 0 Å². The van der Waals surface area contributed by atoms with Crippen LogP contribution in [0.25, 0.3) is 0 Å². The SMILES string of the molecule is F.F.F.F.NC(N)=O.[SiH4]. The molecule has 0 radical (unpaired) electrons. The first kappa shape index (κ1) is 87.5. The van der Waals surface area contributed by atoms with Crippen LogP contribution in [-0.2, 0) is 0 Å². The summed E-state index contributed by atoms with van der Waals surface area (Å²) in [4.78, 5) is 9.00. The van der Waals surface area contributed by atoms with Crippen molar-refractivity contribution in [1.29, 1.82) is 0 Å². The molecule has 64 valence electrons. The van der Waals surface area contributed by atoms with Crippen molar-refractivity contribution in [3.05, 3.63) is 0 Å². The molecule has 9 heavy (non-hydrogen) atoms. The third-order valence-corrected chi connectivity index (χ3v) is 0. The van der Waals surface area contributed by atoms with Gasteiger partial charge in [-0.15, -0.1) is 0 Å². The fourth-order valence-electron chi connectivity index (χ4n) is 0. The summed E-state index contributed by atoms with van der Waals surface area (Å²) in [7, 11) is 0. The van der Waals surface area contributed by atoms with Gasteiger partial charge in [-0.05, 0) is 11.0 Å². The van der Waals surface area contributed by atoms with Crippen molar-refractivity contribution in [3.63, 3.8) is 0 Å². The van der Waals surface area contributed by atoms with Crippen LogP contribution in [0.1, 0.15) is 0 Å². The normalized spacial score (nSPS) is 2.67. The Morgan fingerprint density at radius 3 is 0.889 bits per heavy atom. The van der Waals surface area contributed by atoms with Crippen LogP contribution >= 0.6 is 0 Å². The van der Waals surface area contributed by atoms with Crippen molar-refractivity contribution in [3.8, 4) is 0 Å².